The summed E-state index contributed by atoms with van der Waals surface area (Å²) in [6.45, 7) is 7.30. The van der Waals surface area contributed by atoms with Gasteiger partial charge in [0.2, 0.25) is 0 Å². The van der Waals surface area contributed by atoms with Gasteiger partial charge in [-0.05, 0) is 57.9 Å². The Balaban J connectivity index is 1.91. The second-order valence-corrected chi connectivity index (χ2v) is 6.82. The van der Waals surface area contributed by atoms with Gasteiger partial charge in [-0.1, -0.05) is 0 Å². The smallest absolute Gasteiger partial charge is 0.123 e. The number of hydrogen-bond acceptors (Lipinski definition) is 2. The number of aromatic nitrogens is 2. The maximum absolute atomic E-state index is 13.1. The van der Waals surface area contributed by atoms with E-state index in [1.54, 1.807) is 12.1 Å². The Bertz CT molecular complexity index is 618. The average molecular weight is 287 g/mol. The van der Waals surface area contributed by atoms with Crippen LogP contribution in [-0.2, 0) is 6.54 Å². The van der Waals surface area contributed by atoms with Gasteiger partial charge in [0.25, 0.3) is 0 Å². The predicted molar refractivity (Wildman–Crippen MR) is 82.1 cm³/mol. The van der Waals surface area contributed by atoms with E-state index in [9.17, 15) is 4.39 Å². The first-order valence-electron chi connectivity index (χ1n) is 7.52. The lowest BCUT2D eigenvalue weighted by Gasteiger charge is -2.20. The highest BCUT2D eigenvalue weighted by molar-refractivity contribution is 5.38. The number of rotatable bonds is 4. The van der Waals surface area contributed by atoms with Crippen molar-refractivity contribution in [2.75, 3.05) is 0 Å². The van der Waals surface area contributed by atoms with Crippen LogP contribution in [0.4, 0.5) is 4.39 Å². The van der Waals surface area contributed by atoms with Crippen molar-refractivity contribution in [2.45, 2.75) is 51.6 Å². The summed E-state index contributed by atoms with van der Waals surface area (Å²) >= 11 is 0. The molecule has 0 aliphatic heterocycles. The molecule has 0 bridgehead atoms. The molecule has 1 aromatic heterocycles. The van der Waals surface area contributed by atoms with Gasteiger partial charge in [0.15, 0.2) is 0 Å². The molecule has 1 fully saturated rings. The molecule has 112 valence electrons. The highest BCUT2D eigenvalue weighted by Gasteiger charge is 2.30. The van der Waals surface area contributed by atoms with E-state index in [2.05, 4.69) is 31.2 Å². The van der Waals surface area contributed by atoms with Gasteiger partial charge in [-0.3, -0.25) is 0 Å². The summed E-state index contributed by atoms with van der Waals surface area (Å²) < 4.78 is 15.1. The fourth-order valence-corrected chi connectivity index (χ4v) is 2.47. The van der Waals surface area contributed by atoms with Crippen LogP contribution in [0.3, 0.4) is 0 Å². The van der Waals surface area contributed by atoms with Crippen molar-refractivity contribution in [1.82, 2.24) is 15.1 Å². The molecule has 1 N–H and O–H groups in total. The van der Waals surface area contributed by atoms with Gasteiger partial charge in [0, 0.05) is 23.6 Å². The van der Waals surface area contributed by atoms with Crippen LogP contribution in [0.5, 0.6) is 0 Å². The maximum atomic E-state index is 13.1. The van der Waals surface area contributed by atoms with E-state index in [0.717, 1.165) is 12.2 Å². The molecule has 21 heavy (non-hydrogen) atoms. The third kappa shape index (κ3) is 3.32. The first-order valence-corrected chi connectivity index (χ1v) is 7.52. The van der Waals surface area contributed by atoms with Crippen LogP contribution in [0.2, 0.25) is 0 Å². The molecule has 0 saturated heterocycles. The summed E-state index contributed by atoms with van der Waals surface area (Å²) in [4.78, 5) is 0. The minimum absolute atomic E-state index is 0.0821. The zero-order valence-corrected chi connectivity index (χ0v) is 12.9. The molecular formula is C17H22FN3. The normalized spacial score (nSPS) is 15.4. The van der Waals surface area contributed by atoms with E-state index in [-0.39, 0.29) is 11.4 Å². The fourth-order valence-electron chi connectivity index (χ4n) is 2.47. The van der Waals surface area contributed by atoms with Crippen molar-refractivity contribution in [3.8, 4) is 5.69 Å². The van der Waals surface area contributed by atoms with Crippen LogP contribution in [0.25, 0.3) is 5.69 Å². The van der Waals surface area contributed by atoms with Crippen LogP contribution >= 0.6 is 0 Å². The van der Waals surface area contributed by atoms with Crippen LogP contribution in [0.1, 0.15) is 50.8 Å². The van der Waals surface area contributed by atoms with Crippen molar-refractivity contribution in [3.63, 3.8) is 0 Å². The molecule has 3 nitrogen and oxygen atoms in total. The van der Waals surface area contributed by atoms with Gasteiger partial charge in [0.05, 0.1) is 17.6 Å². The SMILES string of the molecule is CC(C)(C)NCc1cnn(-c2ccc(F)cc2)c1C1CC1. The number of halogens is 1. The second kappa shape index (κ2) is 5.26. The Morgan fingerprint density at radius 2 is 1.90 bits per heavy atom. The molecule has 0 atom stereocenters. The number of nitrogens with one attached hydrogen (secondary N) is 1. The molecule has 0 spiro atoms. The van der Waals surface area contributed by atoms with E-state index in [1.807, 2.05) is 10.9 Å². The third-order valence-corrected chi connectivity index (χ3v) is 3.73. The molecule has 0 amide bonds. The average Bonchev–Trinajstić information content (AvgIpc) is 3.17. The lowest BCUT2D eigenvalue weighted by atomic mass is 10.1. The van der Waals surface area contributed by atoms with E-state index < -0.39 is 0 Å². The summed E-state index contributed by atoms with van der Waals surface area (Å²) in [7, 11) is 0. The highest BCUT2D eigenvalue weighted by Crippen LogP contribution is 2.42. The van der Waals surface area contributed by atoms with E-state index in [0.29, 0.717) is 5.92 Å². The summed E-state index contributed by atoms with van der Waals surface area (Å²) in [5, 5.41) is 8.05. The quantitative estimate of drug-likeness (QED) is 0.927. The summed E-state index contributed by atoms with van der Waals surface area (Å²) in [5.41, 5.74) is 3.54. The Labute approximate surface area is 125 Å². The number of hydrogen-bond donors (Lipinski definition) is 1. The van der Waals surface area contributed by atoms with Crippen molar-refractivity contribution in [2.24, 2.45) is 0 Å². The van der Waals surface area contributed by atoms with Crippen molar-refractivity contribution in [3.05, 3.63) is 47.5 Å². The van der Waals surface area contributed by atoms with Crippen LogP contribution < -0.4 is 5.32 Å². The molecule has 1 heterocycles. The summed E-state index contributed by atoms with van der Waals surface area (Å²) in [6, 6.07) is 6.55. The lowest BCUT2D eigenvalue weighted by Crippen LogP contribution is -2.35. The van der Waals surface area contributed by atoms with Crippen LogP contribution in [-0.4, -0.2) is 15.3 Å². The first-order chi connectivity index (χ1) is 9.94. The van der Waals surface area contributed by atoms with E-state index >= 15 is 0 Å². The second-order valence-electron chi connectivity index (χ2n) is 6.82. The molecule has 0 unspecified atom stereocenters. The Morgan fingerprint density at radius 3 is 2.48 bits per heavy atom. The van der Waals surface area contributed by atoms with Gasteiger partial charge in [-0.25, -0.2) is 9.07 Å². The van der Waals surface area contributed by atoms with Gasteiger partial charge < -0.3 is 5.32 Å². The van der Waals surface area contributed by atoms with Gasteiger partial charge in [-0.2, -0.15) is 5.10 Å². The first kappa shape index (κ1) is 14.3. The minimum Gasteiger partial charge on any atom is -0.308 e. The third-order valence-electron chi connectivity index (χ3n) is 3.73. The molecular weight excluding hydrogens is 265 g/mol. The molecule has 2 aromatic rings. The standard InChI is InChI=1S/C17H22FN3/c1-17(2,3)19-10-13-11-20-21(16(13)12-4-5-12)15-8-6-14(18)7-9-15/h6-9,11-12,19H,4-5,10H2,1-3H3. The number of benzene rings is 1. The van der Waals surface area contributed by atoms with Gasteiger partial charge in [0.1, 0.15) is 5.82 Å². The predicted octanol–water partition coefficient (Wildman–Crippen LogP) is 3.78. The summed E-state index contributed by atoms with van der Waals surface area (Å²) in [6.07, 6.45) is 4.38. The lowest BCUT2D eigenvalue weighted by molar-refractivity contribution is 0.423. The van der Waals surface area contributed by atoms with Crippen LogP contribution in [0, 0.1) is 5.82 Å². The van der Waals surface area contributed by atoms with Crippen molar-refractivity contribution in [1.29, 1.82) is 0 Å². The Morgan fingerprint density at radius 1 is 1.24 bits per heavy atom. The molecule has 1 aliphatic carbocycles. The molecule has 3 rings (SSSR count). The maximum Gasteiger partial charge on any atom is 0.123 e. The molecule has 0 radical (unpaired) electrons. The monoisotopic (exact) mass is 287 g/mol. The van der Waals surface area contributed by atoms with Gasteiger partial charge >= 0.3 is 0 Å². The van der Waals surface area contributed by atoms with Crippen molar-refractivity contribution < 1.29 is 4.39 Å². The highest BCUT2D eigenvalue weighted by atomic mass is 19.1. The van der Waals surface area contributed by atoms with E-state index in [1.165, 1.54) is 36.2 Å². The molecule has 4 heteroatoms. The Kier molecular flexibility index (Phi) is 3.57. The summed E-state index contributed by atoms with van der Waals surface area (Å²) in [5.74, 6) is 0.378. The topological polar surface area (TPSA) is 29.9 Å². The Hall–Kier alpha value is -1.68. The minimum atomic E-state index is -0.214. The zero-order chi connectivity index (χ0) is 15.0. The van der Waals surface area contributed by atoms with Gasteiger partial charge in [-0.15, -0.1) is 0 Å². The van der Waals surface area contributed by atoms with Crippen LogP contribution in [0.15, 0.2) is 30.5 Å². The molecule has 1 saturated carbocycles. The van der Waals surface area contributed by atoms with Crippen molar-refractivity contribution >= 4 is 0 Å². The largest absolute Gasteiger partial charge is 0.308 e. The molecule has 1 aromatic carbocycles. The van der Waals surface area contributed by atoms with E-state index in [4.69, 9.17) is 0 Å². The molecule has 1 aliphatic rings. The number of nitrogens with zero attached hydrogens (tertiary/aromatic N) is 2. The zero-order valence-electron chi connectivity index (χ0n) is 12.9. The fraction of sp³-hybridized carbons (Fsp3) is 0.471.